The minimum atomic E-state index is -1.05. The van der Waals surface area contributed by atoms with Crippen LogP contribution in [0.3, 0.4) is 0 Å². The highest BCUT2D eigenvalue weighted by Gasteiger charge is 2.51. The van der Waals surface area contributed by atoms with Crippen molar-refractivity contribution in [1.29, 1.82) is 5.26 Å². The van der Waals surface area contributed by atoms with E-state index < -0.39 is 17.5 Å². The lowest BCUT2D eigenvalue weighted by atomic mass is 9.75. The van der Waals surface area contributed by atoms with Crippen molar-refractivity contribution in [2.45, 2.75) is 44.1 Å². The standard InChI is InChI=1S/C35H37F3N8OS/c1-40-32-21(12-39)25-26(23(36)11-24(37)30(25)48-32)29-27(38)28-22(13-41-29)31(45(4)17-35(44(2)3)6-5-7-35)43-33(42-28)47-18-34(8-9-34)16-46-14-19-10-20(19)15-46/h11,13,19-20H,1,5-10,14-18H2,2-4H3. The Labute approximate surface area is 281 Å². The Bertz CT molecular complexity index is 2010. The number of aliphatic imine (C=N–C) groups is 1. The van der Waals surface area contributed by atoms with Crippen LogP contribution in [0.2, 0.25) is 0 Å². The first-order valence-corrected chi connectivity index (χ1v) is 17.3. The van der Waals surface area contributed by atoms with Crippen LogP contribution in [0.15, 0.2) is 17.3 Å². The maximum Gasteiger partial charge on any atom is 0.319 e. The first kappa shape index (κ1) is 31.4. The summed E-state index contributed by atoms with van der Waals surface area (Å²) in [6.45, 7) is 7.79. The summed E-state index contributed by atoms with van der Waals surface area (Å²) in [5, 5.41) is 10.3. The van der Waals surface area contributed by atoms with Gasteiger partial charge in [-0.1, -0.05) is 0 Å². The molecule has 250 valence electrons. The predicted molar refractivity (Wildman–Crippen MR) is 181 cm³/mol. The fourth-order valence-electron chi connectivity index (χ4n) is 7.88. The van der Waals surface area contributed by atoms with Gasteiger partial charge in [-0.25, -0.2) is 13.2 Å². The van der Waals surface area contributed by atoms with Crippen molar-refractivity contribution in [2.24, 2.45) is 22.2 Å². The highest BCUT2D eigenvalue weighted by molar-refractivity contribution is 7.23. The monoisotopic (exact) mass is 674 g/mol. The lowest BCUT2D eigenvalue weighted by Crippen LogP contribution is -2.56. The molecule has 0 N–H and O–H groups in total. The summed E-state index contributed by atoms with van der Waals surface area (Å²) in [6.07, 6.45) is 8.05. The fraction of sp³-hybridized carbons (Fsp3) is 0.514. The molecule has 1 aromatic carbocycles. The summed E-state index contributed by atoms with van der Waals surface area (Å²) in [5.41, 5.74) is -0.923. The van der Waals surface area contributed by atoms with Gasteiger partial charge in [0.25, 0.3) is 0 Å². The van der Waals surface area contributed by atoms with Crippen LogP contribution in [0.5, 0.6) is 6.01 Å². The molecule has 4 heterocycles. The summed E-state index contributed by atoms with van der Waals surface area (Å²) >= 11 is 0.851. The van der Waals surface area contributed by atoms with Gasteiger partial charge in [0.2, 0.25) is 0 Å². The first-order chi connectivity index (χ1) is 23.0. The third-order valence-electron chi connectivity index (χ3n) is 11.2. The molecule has 48 heavy (non-hydrogen) atoms. The van der Waals surface area contributed by atoms with Crippen molar-refractivity contribution in [3.8, 4) is 23.3 Å². The van der Waals surface area contributed by atoms with E-state index in [0.29, 0.717) is 30.4 Å². The van der Waals surface area contributed by atoms with Gasteiger partial charge in [0.15, 0.2) is 5.82 Å². The van der Waals surface area contributed by atoms with Crippen molar-refractivity contribution in [3.05, 3.63) is 35.3 Å². The van der Waals surface area contributed by atoms with Crippen molar-refractivity contribution in [3.63, 3.8) is 0 Å². The fourth-order valence-corrected chi connectivity index (χ4v) is 8.85. The summed E-state index contributed by atoms with van der Waals surface area (Å²) in [7, 11) is 6.05. The number of rotatable bonds is 11. The van der Waals surface area contributed by atoms with E-state index >= 15 is 8.78 Å². The molecule has 4 aliphatic rings. The average molecular weight is 675 g/mol. The van der Waals surface area contributed by atoms with Gasteiger partial charge in [-0.05, 0) is 71.2 Å². The van der Waals surface area contributed by atoms with Crippen LogP contribution in [-0.4, -0.2) is 90.9 Å². The van der Waals surface area contributed by atoms with Crippen molar-refractivity contribution < 1.29 is 17.9 Å². The number of aromatic nitrogens is 3. The van der Waals surface area contributed by atoms with Gasteiger partial charge in [-0.15, -0.1) is 11.3 Å². The number of nitriles is 1. The Morgan fingerprint density at radius 2 is 1.88 bits per heavy atom. The molecule has 0 amide bonds. The number of anilines is 1. The Kier molecular flexibility index (Phi) is 7.43. The molecule has 0 radical (unpaired) electrons. The van der Waals surface area contributed by atoms with E-state index in [1.807, 2.05) is 18.0 Å². The summed E-state index contributed by atoms with van der Waals surface area (Å²) in [6, 6.07) is 2.69. The molecule has 1 saturated heterocycles. The van der Waals surface area contributed by atoms with E-state index in [2.05, 4.69) is 45.6 Å². The molecule has 3 aliphatic carbocycles. The van der Waals surface area contributed by atoms with E-state index in [4.69, 9.17) is 9.72 Å². The van der Waals surface area contributed by atoms with Crippen LogP contribution in [0, 0.1) is 46.0 Å². The first-order valence-electron chi connectivity index (χ1n) is 16.5. The van der Waals surface area contributed by atoms with Gasteiger partial charge in [0, 0.05) is 67.4 Å². The number of thiophene rings is 1. The van der Waals surface area contributed by atoms with Crippen LogP contribution in [0.1, 0.15) is 44.1 Å². The lowest BCUT2D eigenvalue weighted by Gasteiger charge is -2.49. The van der Waals surface area contributed by atoms with E-state index in [1.54, 1.807) is 0 Å². The number of benzene rings is 1. The summed E-state index contributed by atoms with van der Waals surface area (Å²) < 4.78 is 53.7. The number of ether oxygens (including phenoxy) is 1. The SMILES string of the molecule is C=Nc1sc2c(F)cc(F)c(-c3ncc4c(N(C)CC5(N(C)C)CCC5)nc(OCC5(CN6CC7CC7C6)CC5)nc4c3F)c2c1C#N. The second-order valence-electron chi connectivity index (χ2n) is 14.6. The quantitative estimate of drug-likeness (QED) is 0.165. The highest BCUT2D eigenvalue weighted by Crippen LogP contribution is 2.51. The topological polar surface area (TPSA) is 93.8 Å². The Morgan fingerprint density at radius 3 is 2.50 bits per heavy atom. The van der Waals surface area contributed by atoms with Crippen LogP contribution in [-0.2, 0) is 0 Å². The van der Waals surface area contributed by atoms with Crippen LogP contribution in [0.4, 0.5) is 24.0 Å². The number of likely N-dealkylation sites (N-methyl/N-ethyl adjacent to an activating group) is 2. The molecule has 2 atom stereocenters. The van der Waals surface area contributed by atoms with Gasteiger partial charge in [-0.3, -0.25) is 9.98 Å². The number of nitrogens with zero attached hydrogens (tertiary/aromatic N) is 8. The van der Waals surface area contributed by atoms with E-state index in [-0.39, 0.29) is 54.4 Å². The molecular weight excluding hydrogens is 638 g/mol. The number of hydrogen-bond acceptors (Lipinski definition) is 10. The summed E-state index contributed by atoms with van der Waals surface area (Å²) in [4.78, 5) is 24.3. The zero-order valence-corrected chi connectivity index (χ0v) is 28.1. The highest BCUT2D eigenvalue weighted by atomic mass is 32.1. The minimum Gasteiger partial charge on any atom is -0.463 e. The number of likely N-dealkylation sites (tertiary alicyclic amines) is 1. The zero-order valence-electron chi connectivity index (χ0n) is 27.3. The normalized spacial score (nSPS) is 22.0. The average Bonchev–Trinajstić information content (AvgIpc) is 3.90. The maximum absolute atomic E-state index is 16.8. The Morgan fingerprint density at radius 1 is 1.12 bits per heavy atom. The predicted octanol–water partition coefficient (Wildman–Crippen LogP) is 6.56. The van der Waals surface area contributed by atoms with Gasteiger partial charge in [0.1, 0.15) is 39.7 Å². The molecule has 2 unspecified atom stereocenters. The van der Waals surface area contributed by atoms with Crippen molar-refractivity contribution in [1.82, 2.24) is 24.8 Å². The second kappa shape index (κ2) is 11.4. The minimum absolute atomic E-state index is 0.0242. The number of fused-ring (bicyclic) bond motifs is 3. The van der Waals surface area contributed by atoms with Crippen LogP contribution < -0.4 is 9.64 Å². The van der Waals surface area contributed by atoms with Gasteiger partial charge < -0.3 is 19.4 Å². The van der Waals surface area contributed by atoms with Gasteiger partial charge in [-0.2, -0.15) is 15.2 Å². The third-order valence-corrected chi connectivity index (χ3v) is 12.3. The summed E-state index contributed by atoms with van der Waals surface area (Å²) in [5.74, 6) is -0.681. The Balaban J connectivity index is 1.22. The number of halogens is 3. The number of hydrogen-bond donors (Lipinski definition) is 0. The van der Waals surface area contributed by atoms with E-state index in [1.165, 1.54) is 12.6 Å². The molecule has 13 heteroatoms. The smallest absolute Gasteiger partial charge is 0.319 e. The molecular formula is C35H37F3N8OS. The van der Waals surface area contributed by atoms with Gasteiger partial charge in [0.05, 0.1) is 22.3 Å². The maximum atomic E-state index is 16.8. The van der Waals surface area contributed by atoms with Gasteiger partial charge >= 0.3 is 6.01 Å². The molecule has 0 bridgehead atoms. The largest absolute Gasteiger partial charge is 0.463 e. The molecule has 4 aromatic rings. The van der Waals surface area contributed by atoms with Crippen LogP contribution in [0.25, 0.3) is 32.2 Å². The second-order valence-corrected chi connectivity index (χ2v) is 15.6. The molecule has 3 aromatic heterocycles. The Hall–Kier alpha value is -3.86. The van der Waals surface area contributed by atoms with E-state index in [9.17, 15) is 9.65 Å². The molecule has 1 aliphatic heterocycles. The molecule has 8 rings (SSSR count). The molecule has 4 fully saturated rings. The number of piperidine rings is 1. The molecule has 3 saturated carbocycles. The molecule has 9 nitrogen and oxygen atoms in total. The zero-order chi connectivity index (χ0) is 33.5. The lowest BCUT2D eigenvalue weighted by molar-refractivity contribution is 0.0682. The number of pyridine rings is 1. The molecule has 0 spiro atoms. The third kappa shape index (κ3) is 5.11. The van der Waals surface area contributed by atoms with Crippen molar-refractivity contribution >= 4 is 49.9 Å². The van der Waals surface area contributed by atoms with Crippen LogP contribution >= 0.6 is 11.3 Å². The van der Waals surface area contributed by atoms with Crippen molar-refractivity contribution in [2.75, 3.05) is 58.8 Å². The van der Waals surface area contributed by atoms with E-state index in [0.717, 1.165) is 74.9 Å².